The minimum atomic E-state index is -0.502. The zero-order chi connectivity index (χ0) is 12.8. The highest BCUT2D eigenvalue weighted by Crippen LogP contribution is 2.24. The van der Waals surface area contributed by atoms with Gasteiger partial charge in [0.15, 0.2) is 5.79 Å². The fraction of sp³-hybridized carbons (Fsp3) is 0.929. The van der Waals surface area contributed by atoms with E-state index in [1.807, 2.05) is 6.92 Å². The largest absolute Gasteiger partial charge is 0.356 e. The topological polar surface area (TPSA) is 47.6 Å². The zero-order valence-corrected chi connectivity index (χ0v) is 11.4. The second-order valence-electron chi connectivity index (χ2n) is 5.56. The Bertz CT molecular complexity index is 268. The van der Waals surface area contributed by atoms with Crippen molar-refractivity contribution in [3.63, 3.8) is 0 Å². The van der Waals surface area contributed by atoms with Gasteiger partial charge >= 0.3 is 0 Å². The normalized spacial score (nSPS) is 24.7. The van der Waals surface area contributed by atoms with Crippen molar-refractivity contribution in [1.29, 1.82) is 0 Å². The Morgan fingerprint density at radius 1 is 1.17 bits per heavy atom. The lowest BCUT2D eigenvalue weighted by molar-refractivity contribution is -0.258. The average Bonchev–Trinajstić information content (AvgIpc) is 2.40. The Morgan fingerprint density at radius 3 is 2.50 bits per heavy atom. The summed E-state index contributed by atoms with van der Waals surface area (Å²) in [4.78, 5) is 12.0. The first-order valence-corrected chi connectivity index (χ1v) is 7.25. The molecule has 0 spiro atoms. The molecule has 18 heavy (non-hydrogen) atoms. The monoisotopic (exact) mass is 255 g/mol. The fourth-order valence-corrected chi connectivity index (χ4v) is 2.74. The molecule has 1 heterocycles. The second-order valence-corrected chi connectivity index (χ2v) is 5.56. The summed E-state index contributed by atoms with van der Waals surface area (Å²) in [5.74, 6) is -0.0492. The van der Waals surface area contributed by atoms with E-state index < -0.39 is 5.79 Å². The van der Waals surface area contributed by atoms with E-state index in [2.05, 4.69) is 5.32 Å². The van der Waals surface area contributed by atoms with Crippen molar-refractivity contribution in [3.05, 3.63) is 0 Å². The highest BCUT2D eigenvalue weighted by atomic mass is 16.7. The molecule has 0 unspecified atom stereocenters. The molecule has 1 aliphatic carbocycles. The Morgan fingerprint density at radius 2 is 1.83 bits per heavy atom. The van der Waals surface area contributed by atoms with E-state index in [1.165, 1.54) is 19.3 Å². The van der Waals surface area contributed by atoms with Crippen molar-refractivity contribution in [1.82, 2.24) is 5.32 Å². The summed E-state index contributed by atoms with van der Waals surface area (Å²) in [6.45, 7) is 4.12. The summed E-state index contributed by atoms with van der Waals surface area (Å²) in [7, 11) is 0. The van der Waals surface area contributed by atoms with Crippen molar-refractivity contribution < 1.29 is 14.3 Å². The van der Waals surface area contributed by atoms with Crippen LogP contribution < -0.4 is 5.32 Å². The number of ether oxygens (including phenoxy) is 2. The lowest BCUT2D eigenvalue weighted by Crippen LogP contribution is -2.42. The van der Waals surface area contributed by atoms with E-state index >= 15 is 0 Å². The molecule has 0 atom stereocenters. The number of hydrogen-bond donors (Lipinski definition) is 1. The number of carbonyl (C=O) groups is 1. The van der Waals surface area contributed by atoms with Crippen LogP contribution in [0.2, 0.25) is 0 Å². The van der Waals surface area contributed by atoms with Crippen LogP contribution in [0, 0.1) is 5.92 Å². The first-order chi connectivity index (χ1) is 8.70. The quantitative estimate of drug-likeness (QED) is 0.838. The number of amides is 1. The summed E-state index contributed by atoms with van der Waals surface area (Å²) in [5.41, 5.74) is 0. The van der Waals surface area contributed by atoms with Crippen LogP contribution in [0.25, 0.3) is 0 Å². The lowest BCUT2D eigenvalue weighted by Gasteiger charge is -2.34. The van der Waals surface area contributed by atoms with Gasteiger partial charge in [-0.1, -0.05) is 19.3 Å². The third kappa shape index (κ3) is 3.95. The first kappa shape index (κ1) is 13.8. The molecular formula is C14H25NO3. The average molecular weight is 255 g/mol. The van der Waals surface area contributed by atoms with Crippen LogP contribution in [0.5, 0.6) is 0 Å². The van der Waals surface area contributed by atoms with Gasteiger partial charge in [-0.25, -0.2) is 0 Å². The summed E-state index contributed by atoms with van der Waals surface area (Å²) >= 11 is 0. The van der Waals surface area contributed by atoms with Crippen LogP contribution in [0.4, 0.5) is 0 Å². The van der Waals surface area contributed by atoms with Crippen molar-refractivity contribution >= 4 is 5.91 Å². The Kier molecular flexibility index (Phi) is 5.01. The Hall–Kier alpha value is -0.610. The highest BCUT2D eigenvalue weighted by molar-refractivity contribution is 5.78. The van der Waals surface area contributed by atoms with E-state index in [4.69, 9.17) is 9.47 Å². The Balaban J connectivity index is 1.66. The standard InChI is InChI=1S/C14H25NO3/c1-14(17-10-5-11-18-14)8-9-15-13(16)12-6-3-2-4-7-12/h12H,2-11H2,1H3,(H,15,16). The summed E-state index contributed by atoms with van der Waals surface area (Å²) in [5, 5.41) is 3.03. The van der Waals surface area contributed by atoms with Crippen molar-refractivity contribution in [3.8, 4) is 0 Å². The van der Waals surface area contributed by atoms with Gasteiger partial charge in [-0.2, -0.15) is 0 Å². The van der Waals surface area contributed by atoms with Crippen LogP contribution >= 0.6 is 0 Å². The molecule has 1 amide bonds. The van der Waals surface area contributed by atoms with Crippen LogP contribution in [-0.2, 0) is 14.3 Å². The predicted octanol–water partition coefficient (Wildman–Crippen LogP) is 2.23. The molecule has 0 bridgehead atoms. The van der Waals surface area contributed by atoms with E-state index in [9.17, 15) is 4.79 Å². The second kappa shape index (κ2) is 6.53. The third-order valence-corrected chi connectivity index (χ3v) is 3.96. The predicted molar refractivity (Wildman–Crippen MR) is 69.1 cm³/mol. The van der Waals surface area contributed by atoms with Crippen LogP contribution in [0.3, 0.4) is 0 Å². The molecule has 104 valence electrons. The van der Waals surface area contributed by atoms with E-state index in [1.54, 1.807) is 0 Å². The molecule has 4 heteroatoms. The molecule has 0 aromatic heterocycles. The number of nitrogens with one attached hydrogen (secondary N) is 1. The third-order valence-electron chi connectivity index (χ3n) is 3.96. The van der Waals surface area contributed by atoms with Gasteiger partial charge in [-0.05, 0) is 26.2 Å². The molecule has 1 aliphatic heterocycles. The molecule has 0 aromatic rings. The van der Waals surface area contributed by atoms with E-state index in [0.717, 1.165) is 38.9 Å². The fourth-order valence-electron chi connectivity index (χ4n) is 2.74. The minimum Gasteiger partial charge on any atom is -0.356 e. The van der Waals surface area contributed by atoms with Crippen molar-refractivity contribution in [2.75, 3.05) is 19.8 Å². The smallest absolute Gasteiger partial charge is 0.223 e. The Labute approximate surface area is 109 Å². The van der Waals surface area contributed by atoms with Gasteiger partial charge in [-0.3, -0.25) is 4.79 Å². The van der Waals surface area contributed by atoms with Gasteiger partial charge < -0.3 is 14.8 Å². The van der Waals surface area contributed by atoms with Gasteiger partial charge in [-0.15, -0.1) is 0 Å². The molecule has 4 nitrogen and oxygen atoms in total. The van der Waals surface area contributed by atoms with Crippen molar-refractivity contribution in [2.24, 2.45) is 5.92 Å². The van der Waals surface area contributed by atoms with Crippen LogP contribution in [-0.4, -0.2) is 31.5 Å². The lowest BCUT2D eigenvalue weighted by atomic mass is 9.88. The molecule has 1 saturated heterocycles. The van der Waals surface area contributed by atoms with E-state index in [-0.39, 0.29) is 11.8 Å². The maximum absolute atomic E-state index is 12.0. The molecule has 1 N–H and O–H groups in total. The van der Waals surface area contributed by atoms with Gasteiger partial charge in [0.1, 0.15) is 0 Å². The van der Waals surface area contributed by atoms with Gasteiger partial charge in [0.05, 0.1) is 13.2 Å². The van der Waals surface area contributed by atoms with Crippen molar-refractivity contribution in [2.45, 2.75) is 57.7 Å². The number of carbonyl (C=O) groups excluding carboxylic acids is 1. The van der Waals surface area contributed by atoms with Gasteiger partial charge in [0.25, 0.3) is 0 Å². The van der Waals surface area contributed by atoms with E-state index in [0.29, 0.717) is 6.54 Å². The molecule has 2 rings (SSSR count). The van der Waals surface area contributed by atoms with Crippen LogP contribution in [0.1, 0.15) is 51.9 Å². The maximum Gasteiger partial charge on any atom is 0.223 e. The molecular weight excluding hydrogens is 230 g/mol. The molecule has 2 aliphatic rings. The van der Waals surface area contributed by atoms with Crippen LogP contribution in [0.15, 0.2) is 0 Å². The molecule has 1 saturated carbocycles. The SMILES string of the molecule is CC1(CCNC(=O)C2CCCCC2)OCCCO1. The van der Waals surface area contributed by atoms with Gasteiger partial charge in [0.2, 0.25) is 5.91 Å². The van der Waals surface area contributed by atoms with Gasteiger partial charge in [0, 0.05) is 18.9 Å². The summed E-state index contributed by atoms with van der Waals surface area (Å²) < 4.78 is 11.2. The molecule has 2 fully saturated rings. The minimum absolute atomic E-state index is 0.217. The summed E-state index contributed by atoms with van der Waals surface area (Å²) in [6, 6.07) is 0. The maximum atomic E-state index is 12.0. The molecule has 0 aromatic carbocycles. The zero-order valence-electron chi connectivity index (χ0n) is 11.4. The first-order valence-electron chi connectivity index (χ1n) is 7.25. The number of hydrogen-bond acceptors (Lipinski definition) is 3. The summed E-state index contributed by atoms with van der Waals surface area (Å²) in [6.07, 6.45) is 7.47. The number of rotatable bonds is 4. The highest BCUT2D eigenvalue weighted by Gasteiger charge is 2.29. The molecule has 0 radical (unpaired) electrons.